The van der Waals surface area contributed by atoms with Gasteiger partial charge in [0.15, 0.2) is 0 Å². The number of unbranched alkanes of at least 4 members (excludes halogenated alkanes) is 9. The van der Waals surface area contributed by atoms with Crippen molar-refractivity contribution in [2.45, 2.75) is 70.8 Å². The Morgan fingerprint density at radius 1 is 0.739 bits per heavy atom. The summed E-state index contributed by atoms with van der Waals surface area (Å²) in [5, 5.41) is 3.22. The van der Waals surface area contributed by atoms with Crippen molar-refractivity contribution < 1.29 is 0 Å². The molecule has 0 aliphatic carbocycles. The van der Waals surface area contributed by atoms with Crippen molar-refractivity contribution in [3.05, 3.63) is 35.9 Å². The van der Waals surface area contributed by atoms with Crippen LogP contribution in [0.3, 0.4) is 0 Å². The summed E-state index contributed by atoms with van der Waals surface area (Å²) in [6.45, 7) is 3.48. The monoisotopic (exact) mass is 318 g/mol. The molecule has 1 rings (SSSR count). The minimum absolute atomic E-state index is 1.08. The van der Waals surface area contributed by atoms with Gasteiger partial charge in [-0.05, 0) is 45.6 Å². The predicted octanol–water partition coefficient (Wildman–Crippen LogP) is 5.24. The van der Waals surface area contributed by atoms with E-state index in [-0.39, 0.29) is 0 Å². The second-order valence-corrected chi connectivity index (χ2v) is 6.86. The van der Waals surface area contributed by atoms with Gasteiger partial charge in [0.25, 0.3) is 0 Å². The van der Waals surface area contributed by atoms with Crippen LogP contribution in [0, 0.1) is 0 Å². The fourth-order valence-corrected chi connectivity index (χ4v) is 3.07. The van der Waals surface area contributed by atoms with Gasteiger partial charge < -0.3 is 10.2 Å². The first-order valence-corrected chi connectivity index (χ1v) is 9.70. The highest BCUT2D eigenvalue weighted by molar-refractivity contribution is 5.14. The zero-order chi connectivity index (χ0) is 16.6. The Kier molecular flexibility index (Phi) is 12.9. The summed E-state index contributed by atoms with van der Waals surface area (Å²) in [5.41, 5.74) is 1.42. The molecule has 0 saturated heterocycles. The number of nitrogens with one attached hydrogen (secondary N) is 1. The van der Waals surface area contributed by atoms with Gasteiger partial charge in [-0.3, -0.25) is 0 Å². The Hall–Kier alpha value is -0.860. The van der Waals surface area contributed by atoms with E-state index in [4.69, 9.17) is 0 Å². The third-order valence-corrected chi connectivity index (χ3v) is 4.51. The third-order valence-electron chi connectivity index (χ3n) is 4.51. The van der Waals surface area contributed by atoms with Gasteiger partial charge in [-0.15, -0.1) is 0 Å². The first kappa shape index (κ1) is 20.2. The molecular formula is C21H38N2. The normalized spacial score (nSPS) is 11.3. The molecule has 0 aromatic heterocycles. The molecule has 0 spiro atoms. The highest BCUT2D eigenvalue weighted by Gasteiger charge is 1.99. The van der Waals surface area contributed by atoms with E-state index in [9.17, 15) is 0 Å². The average molecular weight is 319 g/mol. The molecule has 0 aliphatic heterocycles. The zero-order valence-electron chi connectivity index (χ0n) is 15.5. The Labute approximate surface area is 144 Å². The zero-order valence-corrected chi connectivity index (χ0v) is 15.5. The van der Waals surface area contributed by atoms with E-state index in [2.05, 4.69) is 47.6 Å². The van der Waals surface area contributed by atoms with E-state index in [0.29, 0.717) is 0 Å². The van der Waals surface area contributed by atoms with Crippen LogP contribution in [0.5, 0.6) is 0 Å². The Bertz CT molecular complexity index is 350. The Balaban J connectivity index is 1.82. The summed E-state index contributed by atoms with van der Waals surface area (Å²) in [4.78, 5) is 2.44. The maximum atomic E-state index is 3.22. The molecule has 0 heterocycles. The number of rotatable bonds is 15. The molecule has 2 nitrogen and oxygen atoms in total. The Morgan fingerprint density at radius 2 is 1.26 bits per heavy atom. The first-order chi connectivity index (χ1) is 11.3. The van der Waals surface area contributed by atoms with Crippen LogP contribution in [0.1, 0.15) is 69.8 Å². The fourth-order valence-electron chi connectivity index (χ4n) is 3.07. The molecule has 0 fully saturated rings. The second-order valence-electron chi connectivity index (χ2n) is 6.86. The van der Waals surface area contributed by atoms with Gasteiger partial charge in [0, 0.05) is 6.54 Å². The van der Waals surface area contributed by atoms with E-state index in [0.717, 1.165) is 6.54 Å². The van der Waals surface area contributed by atoms with Crippen LogP contribution >= 0.6 is 0 Å². The average Bonchev–Trinajstić information content (AvgIpc) is 2.57. The molecular weight excluding hydrogens is 280 g/mol. The molecule has 0 aliphatic rings. The van der Waals surface area contributed by atoms with Gasteiger partial charge in [-0.25, -0.2) is 0 Å². The fraction of sp³-hybridized carbons (Fsp3) is 0.714. The van der Waals surface area contributed by atoms with Gasteiger partial charge in [-0.1, -0.05) is 81.7 Å². The van der Waals surface area contributed by atoms with Crippen LogP contribution in [0.15, 0.2) is 30.3 Å². The minimum atomic E-state index is 1.08. The summed E-state index contributed by atoms with van der Waals surface area (Å²) in [6.07, 6.45) is 14.0. The van der Waals surface area contributed by atoms with E-state index >= 15 is 0 Å². The van der Waals surface area contributed by atoms with Crippen molar-refractivity contribution in [2.24, 2.45) is 0 Å². The van der Waals surface area contributed by atoms with Crippen molar-refractivity contribution in [3.63, 3.8) is 0 Å². The van der Waals surface area contributed by atoms with Gasteiger partial charge in [0.1, 0.15) is 0 Å². The maximum absolute atomic E-state index is 3.22. The molecule has 0 saturated carbocycles. The Morgan fingerprint density at radius 3 is 1.83 bits per heavy atom. The molecule has 0 bridgehead atoms. The topological polar surface area (TPSA) is 15.3 Å². The van der Waals surface area contributed by atoms with Crippen LogP contribution in [0.2, 0.25) is 0 Å². The maximum Gasteiger partial charge on any atom is 0.0230 e. The summed E-state index contributed by atoms with van der Waals surface area (Å²) in [7, 11) is 4.28. The van der Waals surface area contributed by atoms with E-state index in [1.54, 1.807) is 0 Å². The lowest BCUT2D eigenvalue weighted by Gasteiger charge is -2.16. The standard InChI is InChI=1S/C21H38N2/c1-22-18-14-9-7-5-3-4-6-8-10-15-19-23(2)20-21-16-12-11-13-17-21/h11-13,16-17,22H,3-10,14-15,18-20H2,1-2H3. The SMILES string of the molecule is CNCCCCCCCCCCCCN(C)Cc1ccccc1. The predicted molar refractivity (Wildman–Crippen MR) is 103 cm³/mol. The van der Waals surface area contributed by atoms with Crippen LogP contribution < -0.4 is 5.32 Å². The lowest BCUT2D eigenvalue weighted by atomic mass is 10.1. The number of hydrogen-bond acceptors (Lipinski definition) is 2. The van der Waals surface area contributed by atoms with Crippen LogP contribution in [-0.4, -0.2) is 32.1 Å². The quantitative estimate of drug-likeness (QED) is 0.445. The summed E-state index contributed by atoms with van der Waals surface area (Å²) < 4.78 is 0. The number of benzene rings is 1. The molecule has 132 valence electrons. The van der Waals surface area contributed by atoms with E-state index in [1.807, 2.05) is 7.05 Å². The van der Waals surface area contributed by atoms with E-state index in [1.165, 1.54) is 82.9 Å². The highest BCUT2D eigenvalue weighted by Crippen LogP contribution is 2.11. The van der Waals surface area contributed by atoms with Crippen LogP contribution in [0.4, 0.5) is 0 Å². The molecule has 1 N–H and O–H groups in total. The highest BCUT2D eigenvalue weighted by atomic mass is 15.1. The van der Waals surface area contributed by atoms with Gasteiger partial charge in [0.2, 0.25) is 0 Å². The van der Waals surface area contributed by atoms with E-state index < -0.39 is 0 Å². The van der Waals surface area contributed by atoms with Gasteiger partial charge in [-0.2, -0.15) is 0 Å². The molecule has 0 atom stereocenters. The lowest BCUT2D eigenvalue weighted by Crippen LogP contribution is -2.18. The molecule has 1 aromatic rings. The van der Waals surface area contributed by atoms with Crippen molar-refractivity contribution in [2.75, 3.05) is 27.2 Å². The van der Waals surface area contributed by atoms with Crippen molar-refractivity contribution in [1.29, 1.82) is 0 Å². The summed E-state index contributed by atoms with van der Waals surface area (Å²) in [6, 6.07) is 10.8. The summed E-state index contributed by atoms with van der Waals surface area (Å²) in [5.74, 6) is 0. The molecule has 0 amide bonds. The molecule has 23 heavy (non-hydrogen) atoms. The van der Waals surface area contributed by atoms with Crippen molar-refractivity contribution in [3.8, 4) is 0 Å². The smallest absolute Gasteiger partial charge is 0.0230 e. The minimum Gasteiger partial charge on any atom is -0.320 e. The van der Waals surface area contributed by atoms with Crippen molar-refractivity contribution in [1.82, 2.24) is 10.2 Å². The largest absolute Gasteiger partial charge is 0.320 e. The third kappa shape index (κ3) is 12.3. The lowest BCUT2D eigenvalue weighted by molar-refractivity contribution is 0.316. The second kappa shape index (κ2) is 14.7. The van der Waals surface area contributed by atoms with Crippen LogP contribution in [0.25, 0.3) is 0 Å². The number of hydrogen-bond donors (Lipinski definition) is 1. The van der Waals surface area contributed by atoms with Gasteiger partial charge >= 0.3 is 0 Å². The van der Waals surface area contributed by atoms with Gasteiger partial charge in [0.05, 0.1) is 0 Å². The molecule has 0 radical (unpaired) electrons. The number of nitrogens with zero attached hydrogens (tertiary/aromatic N) is 1. The summed E-state index contributed by atoms with van der Waals surface area (Å²) >= 11 is 0. The molecule has 1 aromatic carbocycles. The molecule has 0 unspecified atom stereocenters. The van der Waals surface area contributed by atoms with Crippen LogP contribution in [-0.2, 0) is 6.54 Å². The molecule has 2 heteroatoms. The first-order valence-electron chi connectivity index (χ1n) is 9.70. The van der Waals surface area contributed by atoms with Crippen molar-refractivity contribution >= 4 is 0 Å².